The van der Waals surface area contributed by atoms with Gasteiger partial charge in [-0.3, -0.25) is 24.5 Å². The zero-order valence-electron chi connectivity index (χ0n) is 17.3. The lowest BCUT2D eigenvalue weighted by Crippen LogP contribution is -2.21. The number of nitrogens with one attached hydrogen (secondary N) is 1. The highest BCUT2D eigenvalue weighted by molar-refractivity contribution is 6.30. The molecule has 0 aliphatic rings. The zero-order chi connectivity index (χ0) is 23.8. The van der Waals surface area contributed by atoms with Gasteiger partial charge in [0.2, 0.25) is 11.7 Å². The van der Waals surface area contributed by atoms with E-state index >= 15 is 0 Å². The summed E-state index contributed by atoms with van der Waals surface area (Å²) in [6.45, 7) is 0. The molecule has 0 spiro atoms. The standard InChI is InChI=1S/C24H19ClN2O6/c25-18-11-9-17(10-12-18)24(23(30)16-5-2-1-3-6-16)33-22(29)14-13-21(28)26-19-7-4-8-20(15-19)27(31)32/h1-12,15,24H,13-14H2,(H,26,28)/t24-/m0/s1. The van der Waals surface area contributed by atoms with Crippen LogP contribution in [0, 0.1) is 10.1 Å². The van der Waals surface area contributed by atoms with Gasteiger partial charge in [-0.15, -0.1) is 0 Å². The molecule has 1 atom stereocenters. The second-order valence-electron chi connectivity index (χ2n) is 7.01. The van der Waals surface area contributed by atoms with Gasteiger partial charge in [0.05, 0.1) is 11.3 Å². The number of anilines is 1. The van der Waals surface area contributed by atoms with Crippen molar-refractivity contribution in [3.8, 4) is 0 Å². The number of nitrogens with zero attached hydrogens (tertiary/aromatic N) is 1. The second-order valence-corrected chi connectivity index (χ2v) is 7.44. The van der Waals surface area contributed by atoms with E-state index in [1.54, 1.807) is 54.6 Å². The number of amides is 1. The molecule has 9 heteroatoms. The number of rotatable bonds is 9. The number of ketones is 1. The number of halogens is 1. The van der Waals surface area contributed by atoms with Crippen molar-refractivity contribution in [2.24, 2.45) is 0 Å². The van der Waals surface area contributed by atoms with Crippen molar-refractivity contribution in [3.63, 3.8) is 0 Å². The molecule has 0 aliphatic heterocycles. The average molecular weight is 467 g/mol. The Morgan fingerprint density at radius 3 is 2.30 bits per heavy atom. The van der Waals surface area contributed by atoms with Crippen LogP contribution in [0.25, 0.3) is 0 Å². The molecular weight excluding hydrogens is 448 g/mol. The summed E-state index contributed by atoms with van der Waals surface area (Å²) in [5, 5.41) is 13.8. The van der Waals surface area contributed by atoms with Crippen LogP contribution in [-0.2, 0) is 14.3 Å². The van der Waals surface area contributed by atoms with Crippen LogP contribution >= 0.6 is 11.6 Å². The van der Waals surface area contributed by atoms with Crippen molar-refractivity contribution < 1.29 is 24.0 Å². The molecule has 0 aliphatic carbocycles. The quantitative estimate of drug-likeness (QED) is 0.202. The SMILES string of the molecule is O=C(CCC(=O)O[C@H](C(=O)c1ccccc1)c1ccc(Cl)cc1)Nc1cccc([N+](=O)[O-])c1. The maximum atomic E-state index is 13.0. The first-order valence-electron chi connectivity index (χ1n) is 9.92. The number of Topliss-reactive ketones (excluding diaryl/α,β-unsaturated/α-hetero) is 1. The molecule has 0 saturated heterocycles. The fourth-order valence-corrected chi connectivity index (χ4v) is 3.12. The lowest BCUT2D eigenvalue weighted by molar-refractivity contribution is -0.384. The van der Waals surface area contributed by atoms with E-state index in [1.807, 2.05) is 0 Å². The highest BCUT2D eigenvalue weighted by atomic mass is 35.5. The molecule has 8 nitrogen and oxygen atoms in total. The molecule has 0 heterocycles. The number of ether oxygens (including phenoxy) is 1. The minimum atomic E-state index is -1.20. The molecular formula is C24H19ClN2O6. The topological polar surface area (TPSA) is 116 Å². The number of nitro groups is 1. The van der Waals surface area contributed by atoms with E-state index in [0.717, 1.165) is 0 Å². The van der Waals surface area contributed by atoms with Crippen LogP contribution in [0.3, 0.4) is 0 Å². The molecule has 0 radical (unpaired) electrons. The maximum Gasteiger partial charge on any atom is 0.307 e. The number of hydrogen-bond acceptors (Lipinski definition) is 6. The van der Waals surface area contributed by atoms with Crippen LogP contribution < -0.4 is 5.32 Å². The summed E-state index contributed by atoms with van der Waals surface area (Å²) in [6.07, 6.45) is -1.71. The second kappa shape index (κ2) is 11.0. The Bertz CT molecular complexity index is 1170. The molecule has 0 fully saturated rings. The van der Waals surface area contributed by atoms with Gasteiger partial charge >= 0.3 is 5.97 Å². The highest BCUT2D eigenvalue weighted by Gasteiger charge is 2.26. The lowest BCUT2D eigenvalue weighted by Gasteiger charge is -2.17. The van der Waals surface area contributed by atoms with Crippen LogP contribution in [0.2, 0.25) is 5.02 Å². The Kier molecular flexibility index (Phi) is 7.88. The summed E-state index contributed by atoms with van der Waals surface area (Å²) in [7, 11) is 0. The summed E-state index contributed by atoms with van der Waals surface area (Å²) in [5.41, 5.74) is 0.884. The van der Waals surface area contributed by atoms with Gasteiger partial charge < -0.3 is 10.1 Å². The summed E-state index contributed by atoms with van der Waals surface area (Å²) < 4.78 is 5.44. The fraction of sp³-hybridized carbons (Fsp3) is 0.125. The number of nitro benzene ring substituents is 1. The van der Waals surface area contributed by atoms with Gasteiger partial charge in [0.15, 0.2) is 6.10 Å². The molecule has 0 saturated carbocycles. The van der Waals surface area contributed by atoms with E-state index in [9.17, 15) is 24.5 Å². The Labute approximate surface area is 194 Å². The number of non-ortho nitro benzene ring substituents is 1. The average Bonchev–Trinajstić information content (AvgIpc) is 2.82. The van der Waals surface area contributed by atoms with E-state index in [2.05, 4.69) is 5.32 Å². The Balaban J connectivity index is 1.65. The minimum absolute atomic E-state index is 0.169. The third kappa shape index (κ3) is 6.72. The number of carbonyl (C=O) groups excluding carboxylic acids is 3. The zero-order valence-corrected chi connectivity index (χ0v) is 18.0. The van der Waals surface area contributed by atoms with Crippen molar-refractivity contribution in [1.29, 1.82) is 0 Å². The van der Waals surface area contributed by atoms with Gasteiger partial charge in [-0.25, -0.2) is 0 Å². The van der Waals surface area contributed by atoms with Crippen LogP contribution in [0.15, 0.2) is 78.9 Å². The van der Waals surface area contributed by atoms with E-state index in [4.69, 9.17) is 16.3 Å². The molecule has 3 rings (SSSR count). The molecule has 0 bridgehead atoms. The highest BCUT2D eigenvalue weighted by Crippen LogP contribution is 2.25. The summed E-state index contributed by atoms with van der Waals surface area (Å²) >= 11 is 5.92. The van der Waals surface area contributed by atoms with Crippen molar-refractivity contribution in [3.05, 3.63) is 105 Å². The van der Waals surface area contributed by atoms with Crippen LogP contribution in [0.4, 0.5) is 11.4 Å². The number of hydrogen-bond donors (Lipinski definition) is 1. The molecule has 0 aromatic heterocycles. The third-order valence-corrected chi connectivity index (χ3v) is 4.87. The van der Waals surface area contributed by atoms with Gasteiger partial charge in [0, 0.05) is 40.4 Å². The molecule has 168 valence electrons. The molecule has 33 heavy (non-hydrogen) atoms. The van der Waals surface area contributed by atoms with Crippen LogP contribution in [0.5, 0.6) is 0 Å². The molecule has 0 unspecified atom stereocenters. The van der Waals surface area contributed by atoms with Gasteiger partial charge in [-0.1, -0.05) is 60.1 Å². The number of benzene rings is 3. The first kappa shape index (κ1) is 23.6. The van der Waals surface area contributed by atoms with Crippen LogP contribution in [-0.4, -0.2) is 22.6 Å². The van der Waals surface area contributed by atoms with Crippen molar-refractivity contribution in [2.45, 2.75) is 18.9 Å². The monoisotopic (exact) mass is 466 g/mol. The third-order valence-electron chi connectivity index (χ3n) is 4.62. The van der Waals surface area contributed by atoms with Gasteiger partial charge in [0.25, 0.3) is 5.69 Å². The number of carbonyl (C=O) groups is 3. The Hall–Kier alpha value is -4.04. The maximum absolute atomic E-state index is 13.0. The van der Waals surface area contributed by atoms with E-state index in [-0.39, 0.29) is 24.2 Å². The summed E-state index contributed by atoms with van der Waals surface area (Å²) in [4.78, 5) is 47.9. The van der Waals surface area contributed by atoms with Crippen molar-refractivity contribution >= 4 is 40.6 Å². The van der Waals surface area contributed by atoms with Crippen molar-refractivity contribution in [2.75, 3.05) is 5.32 Å². The fourth-order valence-electron chi connectivity index (χ4n) is 2.99. The van der Waals surface area contributed by atoms with Gasteiger partial charge in [0.1, 0.15) is 0 Å². The smallest absolute Gasteiger partial charge is 0.307 e. The number of esters is 1. The Morgan fingerprint density at radius 2 is 1.64 bits per heavy atom. The Morgan fingerprint density at radius 1 is 0.939 bits per heavy atom. The van der Waals surface area contributed by atoms with Gasteiger partial charge in [-0.05, 0) is 18.2 Å². The summed E-state index contributed by atoms with van der Waals surface area (Å²) in [6, 6.07) is 20.2. The van der Waals surface area contributed by atoms with E-state index < -0.39 is 28.7 Å². The molecule has 3 aromatic carbocycles. The molecule has 1 N–H and O–H groups in total. The van der Waals surface area contributed by atoms with E-state index in [0.29, 0.717) is 16.1 Å². The minimum Gasteiger partial charge on any atom is -0.449 e. The first-order valence-corrected chi connectivity index (χ1v) is 10.3. The lowest BCUT2D eigenvalue weighted by atomic mass is 10.00. The molecule has 1 amide bonds. The summed E-state index contributed by atoms with van der Waals surface area (Å²) in [5.74, 6) is -1.68. The molecule has 3 aromatic rings. The predicted molar refractivity (Wildman–Crippen MR) is 122 cm³/mol. The largest absolute Gasteiger partial charge is 0.449 e. The normalized spacial score (nSPS) is 11.3. The van der Waals surface area contributed by atoms with E-state index in [1.165, 1.54) is 24.3 Å². The predicted octanol–water partition coefficient (Wildman–Crippen LogP) is 5.13. The first-order chi connectivity index (χ1) is 15.8. The van der Waals surface area contributed by atoms with Gasteiger partial charge in [-0.2, -0.15) is 0 Å². The van der Waals surface area contributed by atoms with Crippen molar-refractivity contribution in [1.82, 2.24) is 0 Å². The van der Waals surface area contributed by atoms with Crippen LogP contribution in [0.1, 0.15) is 34.9 Å².